The quantitative estimate of drug-likeness (QED) is 0.172. The Hall–Kier alpha value is -10.2. The molecule has 7 heterocycles. The van der Waals surface area contributed by atoms with Crippen molar-refractivity contribution in [2.75, 3.05) is 0 Å². The fourth-order valence-corrected chi connectivity index (χ4v) is 18.0. The molecule has 0 bridgehead atoms. The van der Waals surface area contributed by atoms with E-state index in [1.165, 1.54) is 105 Å². The lowest BCUT2D eigenvalue weighted by Crippen LogP contribution is -1.96. The molecule has 0 saturated carbocycles. The Labute approximate surface area is 543 Å². The molecule has 0 radical (unpaired) electrons. The summed E-state index contributed by atoms with van der Waals surface area (Å²) in [5.41, 5.74) is 17.5. The first kappa shape index (κ1) is 53.8. The number of aromatic nitrogens is 5. The molecule has 20 rings (SSSR count). The molecule has 1 aliphatic rings. The third-order valence-corrected chi connectivity index (χ3v) is 22.4. The summed E-state index contributed by atoms with van der Waals surface area (Å²) in [5, 5.41) is 11.1. The van der Waals surface area contributed by atoms with Gasteiger partial charge in [-0.05, 0) is 95.4 Å². The van der Waals surface area contributed by atoms with Crippen LogP contribution in [0.1, 0.15) is 11.1 Å². The molecule has 1 aliphatic carbocycles. The van der Waals surface area contributed by atoms with Gasteiger partial charge in [0.15, 0.2) is 11.6 Å². The maximum absolute atomic E-state index is 6.08. The van der Waals surface area contributed by atoms with Crippen molar-refractivity contribution in [3.8, 4) is 62.1 Å². The van der Waals surface area contributed by atoms with Crippen LogP contribution in [0.15, 0.2) is 279 Å². The predicted octanol–water partition coefficient (Wildman–Crippen LogP) is 24.1. The number of benzene rings is 12. The second-order valence-electron chi connectivity index (χ2n) is 22.8. The molecule has 0 saturated heterocycles. The topological polar surface area (TPSA) is 56.5 Å². The summed E-state index contributed by atoms with van der Waals surface area (Å²) < 4.78 is 12.5. The van der Waals surface area contributed by atoms with E-state index >= 15 is 0 Å². The summed E-state index contributed by atoms with van der Waals surface area (Å²) in [7, 11) is 0. The third-order valence-electron chi connectivity index (χ3n) is 17.5. The molecule has 0 aliphatic heterocycles. The zero-order valence-electron chi connectivity index (χ0n) is 48.5. The molecule has 0 fully saturated rings. The van der Waals surface area contributed by atoms with Gasteiger partial charge in [-0.25, -0.2) is 19.9 Å². The molecule has 12 aromatic carbocycles. The first-order valence-electron chi connectivity index (χ1n) is 30.2. The Morgan fingerprint density at radius 1 is 0.319 bits per heavy atom. The lowest BCUT2D eigenvalue weighted by molar-refractivity contribution is 1.18. The van der Waals surface area contributed by atoms with Crippen LogP contribution in [0.25, 0.3) is 165 Å². The van der Waals surface area contributed by atoms with Crippen LogP contribution in [0.4, 0.5) is 0 Å². The Morgan fingerprint density at radius 3 is 1.37 bits per heavy atom. The van der Waals surface area contributed by atoms with Gasteiger partial charge in [-0.15, -0.1) is 45.3 Å². The van der Waals surface area contributed by atoms with Crippen molar-refractivity contribution in [1.82, 2.24) is 24.5 Å². The van der Waals surface area contributed by atoms with Crippen LogP contribution in [0.3, 0.4) is 0 Å². The standard InChI is InChI=1S/C40H23N3S2.C22H13ClN2S.C19H12S/c1-2-10-25(11-3-1)40-41-36(39-37(42-40)30-14-6-9-17-33(30)45-39)24-18-20-26(21-19-24)43-31-15-7-4-12-27(31)28-22-23-34-35(38(28)43)29-13-5-8-16-32(29)44-34;23-16-12-10-14(11-13-16)19-21-20(17-8-4-5-9-18(17)26-21)25-22(24-19)15-6-2-1-3-7-15;1-2-6-13-12(5-1)11-16-14(13)9-10-18-19(16)15-7-3-4-8-17(15)20-18/h1-23H;1-13H;1-10H,11H2. The van der Waals surface area contributed by atoms with Crippen molar-refractivity contribution in [3.05, 3.63) is 295 Å². The van der Waals surface area contributed by atoms with Crippen LogP contribution in [0, 0.1) is 0 Å². The van der Waals surface area contributed by atoms with E-state index in [4.69, 9.17) is 31.5 Å². The van der Waals surface area contributed by atoms with Gasteiger partial charge in [0.05, 0.1) is 42.9 Å². The summed E-state index contributed by atoms with van der Waals surface area (Å²) in [4.78, 5) is 20.1. The molecular formula is C81H48ClN5S4. The Kier molecular flexibility index (Phi) is 13.0. The van der Waals surface area contributed by atoms with Crippen LogP contribution < -0.4 is 0 Å². The molecule has 10 heteroatoms. The number of fused-ring (bicyclic) bond motifs is 20. The van der Waals surface area contributed by atoms with E-state index in [-0.39, 0.29) is 0 Å². The second kappa shape index (κ2) is 22.1. The average Bonchev–Trinajstić information content (AvgIpc) is 1.60. The Balaban J connectivity index is 0.000000112. The molecule has 7 aromatic heterocycles. The molecule has 91 heavy (non-hydrogen) atoms. The van der Waals surface area contributed by atoms with Crippen molar-refractivity contribution < 1.29 is 0 Å². The van der Waals surface area contributed by atoms with Crippen molar-refractivity contribution >= 4 is 160 Å². The van der Waals surface area contributed by atoms with Crippen molar-refractivity contribution in [2.24, 2.45) is 0 Å². The number of rotatable bonds is 5. The van der Waals surface area contributed by atoms with Crippen molar-refractivity contribution in [3.63, 3.8) is 0 Å². The molecular weight excluding hydrogens is 1210 g/mol. The van der Waals surface area contributed by atoms with Crippen LogP contribution in [0.2, 0.25) is 5.02 Å². The molecule has 428 valence electrons. The largest absolute Gasteiger partial charge is 0.309 e. The third kappa shape index (κ3) is 9.14. The molecule has 0 spiro atoms. The Bertz CT molecular complexity index is 6060. The van der Waals surface area contributed by atoms with Gasteiger partial charge >= 0.3 is 0 Å². The number of hydrogen-bond donors (Lipinski definition) is 0. The normalized spacial score (nSPS) is 12.0. The summed E-state index contributed by atoms with van der Waals surface area (Å²) in [6, 6.07) is 98.4. The van der Waals surface area contributed by atoms with Gasteiger partial charge in [0.2, 0.25) is 0 Å². The van der Waals surface area contributed by atoms with E-state index in [1.807, 2.05) is 95.5 Å². The van der Waals surface area contributed by atoms with Crippen LogP contribution in [-0.4, -0.2) is 24.5 Å². The van der Waals surface area contributed by atoms with E-state index in [0.29, 0.717) is 0 Å². The van der Waals surface area contributed by atoms with Gasteiger partial charge in [0.1, 0.15) is 0 Å². The van der Waals surface area contributed by atoms with E-state index in [1.54, 1.807) is 22.7 Å². The molecule has 5 nitrogen and oxygen atoms in total. The number of para-hydroxylation sites is 1. The predicted molar refractivity (Wildman–Crippen MR) is 391 cm³/mol. The van der Waals surface area contributed by atoms with Crippen LogP contribution in [0.5, 0.6) is 0 Å². The van der Waals surface area contributed by atoms with E-state index < -0.39 is 0 Å². The lowest BCUT2D eigenvalue weighted by Gasteiger charge is -2.11. The summed E-state index contributed by atoms with van der Waals surface area (Å²) >= 11 is 13.4. The van der Waals surface area contributed by atoms with Gasteiger partial charge in [-0.3, -0.25) is 0 Å². The van der Waals surface area contributed by atoms with E-state index in [0.717, 1.165) is 82.9 Å². The minimum Gasteiger partial charge on any atom is -0.309 e. The minimum absolute atomic E-state index is 0.721. The van der Waals surface area contributed by atoms with Gasteiger partial charge in [0.25, 0.3) is 0 Å². The first-order chi connectivity index (χ1) is 45.0. The molecule has 0 N–H and O–H groups in total. The fourth-order valence-electron chi connectivity index (χ4n) is 13.4. The summed E-state index contributed by atoms with van der Waals surface area (Å²) in [6.07, 6.45) is 1.07. The number of halogens is 1. The maximum atomic E-state index is 6.08. The Morgan fingerprint density at radius 2 is 0.780 bits per heavy atom. The highest BCUT2D eigenvalue weighted by Gasteiger charge is 2.24. The second-order valence-corrected chi connectivity index (χ2v) is 27.5. The number of thiophene rings is 4. The number of hydrogen-bond acceptors (Lipinski definition) is 8. The highest BCUT2D eigenvalue weighted by atomic mass is 35.5. The monoisotopic (exact) mass is 1250 g/mol. The van der Waals surface area contributed by atoms with Gasteiger partial charge in [-0.2, -0.15) is 0 Å². The van der Waals surface area contributed by atoms with E-state index in [2.05, 4.69) is 211 Å². The number of nitrogens with zero attached hydrogens (tertiary/aromatic N) is 5. The lowest BCUT2D eigenvalue weighted by atomic mass is 10.0. The van der Waals surface area contributed by atoms with Crippen LogP contribution in [-0.2, 0) is 6.42 Å². The van der Waals surface area contributed by atoms with Gasteiger partial charge < -0.3 is 4.57 Å². The van der Waals surface area contributed by atoms with Crippen LogP contribution >= 0.6 is 56.9 Å². The molecule has 0 atom stereocenters. The molecule has 0 unspecified atom stereocenters. The summed E-state index contributed by atoms with van der Waals surface area (Å²) in [5.74, 6) is 1.49. The highest BCUT2D eigenvalue weighted by Crippen LogP contribution is 2.48. The fraction of sp³-hybridized carbons (Fsp3) is 0.0123. The van der Waals surface area contributed by atoms with E-state index in [9.17, 15) is 0 Å². The minimum atomic E-state index is 0.721. The smallest absolute Gasteiger partial charge is 0.160 e. The summed E-state index contributed by atoms with van der Waals surface area (Å²) in [6.45, 7) is 0. The van der Waals surface area contributed by atoms with Crippen molar-refractivity contribution in [2.45, 2.75) is 6.42 Å². The van der Waals surface area contributed by atoms with Gasteiger partial charge in [-0.1, -0.05) is 224 Å². The molecule has 0 amide bonds. The molecule has 19 aromatic rings. The highest BCUT2D eigenvalue weighted by molar-refractivity contribution is 7.27. The zero-order valence-corrected chi connectivity index (χ0v) is 52.5. The van der Waals surface area contributed by atoms with Crippen molar-refractivity contribution in [1.29, 1.82) is 0 Å². The maximum Gasteiger partial charge on any atom is 0.160 e. The zero-order chi connectivity index (χ0) is 60.1. The average molecular weight is 1260 g/mol. The van der Waals surface area contributed by atoms with Gasteiger partial charge in [0, 0.05) is 104 Å². The first-order valence-corrected chi connectivity index (χ1v) is 33.9. The SMILES string of the molecule is Clc1ccc(-c2nc(-c3ccccc3)nc3c2sc2ccccc23)cc1.c1ccc(-c2nc(-c3ccc(-n4c5ccccc5c5ccc6sc7ccccc7c6c54)cc3)c3sc4ccccc4c3n2)cc1.c1ccc2c(c1)Cc1c-2ccc2sc3ccccc3c12.